The third kappa shape index (κ3) is 4.89. The van der Waals surface area contributed by atoms with Crippen LogP contribution < -0.4 is 5.32 Å². The first-order chi connectivity index (χ1) is 17.7. The fourth-order valence-corrected chi connectivity index (χ4v) is 6.78. The molecule has 1 N–H and O–H groups in total. The SMILES string of the molecule is O=CN[C@@H]1C(=O)N2C(C(=O)OC(c3ccccc3)c3ccccc3)=C(SCc3ccncc3)CS[C@H]12. The number of nitrogens with one attached hydrogen (secondary N) is 1. The van der Waals surface area contributed by atoms with Gasteiger partial charge in [-0.05, 0) is 28.8 Å². The summed E-state index contributed by atoms with van der Waals surface area (Å²) in [5.74, 6) is 0.281. The molecular formula is C27H23N3O4S2. The van der Waals surface area contributed by atoms with Gasteiger partial charge in [-0.2, -0.15) is 0 Å². The predicted molar refractivity (Wildman–Crippen MR) is 139 cm³/mol. The molecule has 182 valence electrons. The molecule has 2 aliphatic rings. The number of rotatable bonds is 9. The number of esters is 1. The Labute approximate surface area is 217 Å². The second-order valence-corrected chi connectivity index (χ2v) is 10.4. The fourth-order valence-electron chi connectivity index (χ4n) is 4.18. The number of aromatic nitrogens is 1. The lowest BCUT2D eigenvalue weighted by molar-refractivity contribution is -0.154. The molecule has 2 amide bonds. The second kappa shape index (κ2) is 11.0. The van der Waals surface area contributed by atoms with Crippen LogP contribution in [0.2, 0.25) is 0 Å². The smallest absolute Gasteiger partial charge is 0.356 e. The van der Waals surface area contributed by atoms with Crippen molar-refractivity contribution in [3.05, 3.63) is 112 Å². The first-order valence-electron chi connectivity index (χ1n) is 11.4. The summed E-state index contributed by atoms with van der Waals surface area (Å²) in [5.41, 5.74) is 2.98. The normalized spacial score (nSPS) is 18.9. The van der Waals surface area contributed by atoms with Gasteiger partial charge in [-0.1, -0.05) is 60.7 Å². The molecule has 0 bridgehead atoms. The summed E-state index contributed by atoms with van der Waals surface area (Å²) in [6.07, 6.45) is 3.34. The number of ether oxygens (including phenoxy) is 1. The summed E-state index contributed by atoms with van der Waals surface area (Å²) in [6.45, 7) is 0. The molecule has 7 nitrogen and oxygen atoms in total. The minimum Gasteiger partial charge on any atom is -0.448 e. The van der Waals surface area contributed by atoms with E-state index in [2.05, 4.69) is 10.3 Å². The van der Waals surface area contributed by atoms with E-state index in [0.717, 1.165) is 21.6 Å². The summed E-state index contributed by atoms with van der Waals surface area (Å²) in [4.78, 5) is 44.1. The first kappa shape index (κ1) is 24.1. The lowest BCUT2D eigenvalue weighted by Gasteiger charge is -2.49. The quantitative estimate of drug-likeness (QED) is 0.262. The number of β-lactam (4-membered cyclic amide) rings is 1. The van der Waals surface area contributed by atoms with Gasteiger partial charge in [-0.3, -0.25) is 19.5 Å². The van der Waals surface area contributed by atoms with E-state index in [1.807, 2.05) is 72.8 Å². The highest BCUT2D eigenvalue weighted by molar-refractivity contribution is 8.05. The summed E-state index contributed by atoms with van der Waals surface area (Å²) < 4.78 is 6.13. The Hall–Kier alpha value is -3.56. The van der Waals surface area contributed by atoms with Crippen molar-refractivity contribution in [1.82, 2.24) is 15.2 Å². The Kier molecular flexibility index (Phi) is 7.39. The Morgan fingerprint density at radius 1 is 1.08 bits per heavy atom. The van der Waals surface area contributed by atoms with E-state index in [9.17, 15) is 14.4 Å². The minimum atomic E-state index is -0.652. The number of nitrogens with zero attached hydrogens (tertiary/aromatic N) is 2. The van der Waals surface area contributed by atoms with Gasteiger partial charge in [0.2, 0.25) is 6.41 Å². The van der Waals surface area contributed by atoms with Crippen LogP contribution in [-0.4, -0.2) is 45.3 Å². The van der Waals surface area contributed by atoms with Crippen molar-refractivity contribution in [2.75, 3.05) is 5.75 Å². The van der Waals surface area contributed by atoms with Gasteiger partial charge in [0.15, 0.2) is 6.10 Å². The van der Waals surface area contributed by atoms with Crippen LogP contribution >= 0.6 is 23.5 Å². The van der Waals surface area contributed by atoms with Crippen LogP contribution in [0.5, 0.6) is 0 Å². The molecule has 3 heterocycles. The minimum absolute atomic E-state index is 0.253. The lowest BCUT2D eigenvalue weighted by Crippen LogP contribution is -2.69. The Morgan fingerprint density at radius 3 is 2.33 bits per heavy atom. The van der Waals surface area contributed by atoms with E-state index in [4.69, 9.17) is 4.74 Å². The lowest BCUT2D eigenvalue weighted by atomic mass is 10.0. The molecule has 9 heteroatoms. The zero-order chi connectivity index (χ0) is 24.9. The maximum absolute atomic E-state index is 13.8. The van der Waals surface area contributed by atoms with Crippen LogP contribution in [0.1, 0.15) is 22.8 Å². The van der Waals surface area contributed by atoms with Gasteiger partial charge in [0, 0.05) is 28.8 Å². The van der Waals surface area contributed by atoms with Crippen molar-refractivity contribution < 1.29 is 19.1 Å². The second-order valence-electron chi connectivity index (χ2n) is 8.19. The third-order valence-corrected chi connectivity index (χ3v) is 8.59. The van der Waals surface area contributed by atoms with Gasteiger partial charge in [0.1, 0.15) is 17.1 Å². The number of hydrogen-bond acceptors (Lipinski definition) is 7. The average Bonchev–Trinajstić information content (AvgIpc) is 2.94. The summed E-state index contributed by atoms with van der Waals surface area (Å²) >= 11 is 3.03. The van der Waals surface area contributed by atoms with Gasteiger partial charge >= 0.3 is 5.97 Å². The highest BCUT2D eigenvalue weighted by atomic mass is 32.2. The molecule has 2 aromatic carbocycles. The number of fused-ring (bicyclic) bond motifs is 1. The van der Waals surface area contributed by atoms with Crippen molar-refractivity contribution in [3.8, 4) is 0 Å². The van der Waals surface area contributed by atoms with Crippen LogP contribution in [0.25, 0.3) is 0 Å². The third-order valence-electron chi connectivity index (χ3n) is 5.97. The number of pyridine rings is 1. The number of carbonyl (C=O) groups is 3. The molecule has 1 fully saturated rings. The van der Waals surface area contributed by atoms with Gasteiger partial charge < -0.3 is 10.1 Å². The van der Waals surface area contributed by atoms with Crippen molar-refractivity contribution in [3.63, 3.8) is 0 Å². The monoisotopic (exact) mass is 517 g/mol. The number of carbonyl (C=O) groups excluding carboxylic acids is 3. The van der Waals surface area contributed by atoms with Crippen molar-refractivity contribution in [2.45, 2.75) is 23.3 Å². The molecule has 1 aromatic heterocycles. The van der Waals surface area contributed by atoms with Crippen LogP contribution in [0, 0.1) is 0 Å². The first-order valence-corrected chi connectivity index (χ1v) is 13.4. The highest BCUT2D eigenvalue weighted by Crippen LogP contribution is 2.45. The van der Waals surface area contributed by atoms with Crippen LogP contribution in [0.4, 0.5) is 0 Å². The van der Waals surface area contributed by atoms with Crippen molar-refractivity contribution >= 4 is 41.8 Å². The molecule has 0 saturated carbocycles. The van der Waals surface area contributed by atoms with E-state index >= 15 is 0 Å². The fraction of sp³-hybridized carbons (Fsp3) is 0.185. The average molecular weight is 518 g/mol. The zero-order valence-corrected chi connectivity index (χ0v) is 20.8. The highest BCUT2D eigenvalue weighted by Gasteiger charge is 2.54. The Balaban J connectivity index is 1.47. The summed E-state index contributed by atoms with van der Waals surface area (Å²) in [6, 6.07) is 22.3. The molecule has 1 saturated heterocycles. The van der Waals surface area contributed by atoms with E-state index < -0.39 is 18.1 Å². The molecule has 5 rings (SSSR count). The summed E-state index contributed by atoms with van der Waals surface area (Å²) in [5, 5.41) is 2.23. The molecule has 3 aromatic rings. The largest absolute Gasteiger partial charge is 0.448 e. The van der Waals surface area contributed by atoms with Crippen LogP contribution in [-0.2, 0) is 24.9 Å². The molecule has 2 aliphatic heterocycles. The number of amides is 2. The molecule has 36 heavy (non-hydrogen) atoms. The molecule has 0 spiro atoms. The van der Waals surface area contributed by atoms with Gasteiger partial charge in [0.25, 0.3) is 5.91 Å². The summed E-state index contributed by atoms with van der Waals surface area (Å²) in [7, 11) is 0. The topological polar surface area (TPSA) is 88.6 Å². The van der Waals surface area contributed by atoms with Crippen LogP contribution in [0.3, 0.4) is 0 Å². The van der Waals surface area contributed by atoms with Gasteiger partial charge in [-0.25, -0.2) is 4.79 Å². The number of thioether (sulfide) groups is 2. The molecule has 0 unspecified atom stereocenters. The maximum Gasteiger partial charge on any atom is 0.356 e. The maximum atomic E-state index is 13.8. The van der Waals surface area contributed by atoms with Gasteiger partial charge in [0.05, 0.1) is 0 Å². The van der Waals surface area contributed by atoms with E-state index in [1.54, 1.807) is 12.4 Å². The standard InChI is InChI=1S/C27H23N3O4S2/c31-17-29-22-25(32)30-23(21(16-36-26(22)30)35-15-18-11-13-28-14-12-18)27(33)34-24(19-7-3-1-4-8-19)20-9-5-2-6-10-20/h1-14,17,22,24,26H,15-16H2,(H,29,31)/t22-,26-/m1/s1. The molecule has 0 radical (unpaired) electrons. The number of hydrogen-bond donors (Lipinski definition) is 1. The van der Waals surface area contributed by atoms with E-state index in [1.165, 1.54) is 28.4 Å². The molecule has 0 aliphatic carbocycles. The van der Waals surface area contributed by atoms with Crippen molar-refractivity contribution in [2.24, 2.45) is 0 Å². The van der Waals surface area contributed by atoms with Crippen molar-refractivity contribution in [1.29, 1.82) is 0 Å². The predicted octanol–water partition coefficient (Wildman–Crippen LogP) is 3.89. The van der Waals surface area contributed by atoms with Crippen LogP contribution in [0.15, 0.2) is 95.8 Å². The molecule has 2 atom stereocenters. The Morgan fingerprint density at radius 2 is 1.72 bits per heavy atom. The van der Waals surface area contributed by atoms with E-state index in [-0.39, 0.29) is 17.0 Å². The van der Waals surface area contributed by atoms with Gasteiger partial charge in [-0.15, -0.1) is 23.5 Å². The number of benzene rings is 2. The molecular weight excluding hydrogens is 494 g/mol. The van der Waals surface area contributed by atoms with E-state index in [0.29, 0.717) is 17.9 Å². The Bertz CT molecular complexity index is 1230. The zero-order valence-electron chi connectivity index (χ0n) is 19.2.